The van der Waals surface area contributed by atoms with E-state index in [0.29, 0.717) is 0 Å². The predicted molar refractivity (Wildman–Crippen MR) is 55.2 cm³/mol. The highest BCUT2D eigenvalue weighted by Crippen LogP contribution is 2.33. The molecule has 2 aromatic rings. The van der Waals surface area contributed by atoms with Crippen LogP contribution in [0.25, 0.3) is 10.9 Å². The van der Waals surface area contributed by atoms with Gasteiger partial charge in [0.25, 0.3) is 0 Å². The molecule has 14 heavy (non-hydrogen) atoms. The van der Waals surface area contributed by atoms with Gasteiger partial charge in [-0.05, 0) is 30.5 Å². The maximum absolute atomic E-state index is 13.4. The van der Waals surface area contributed by atoms with Crippen molar-refractivity contribution < 1.29 is 4.39 Å². The molecule has 1 aliphatic heterocycles. The first-order valence-corrected chi connectivity index (χ1v) is 5.11. The minimum atomic E-state index is -0.297. The average molecular weight is 210 g/mol. The summed E-state index contributed by atoms with van der Waals surface area (Å²) in [5.74, 6) is -0.297. The number of aromatic nitrogens is 1. The summed E-state index contributed by atoms with van der Waals surface area (Å²) in [5, 5.41) is 1.10. The summed E-state index contributed by atoms with van der Waals surface area (Å²) < 4.78 is 15.5. The van der Waals surface area contributed by atoms with Gasteiger partial charge in [0.2, 0.25) is 0 Å². The van der Waals surface area contributed by atoms with E-state index >= 15 is 0 Å². The van der Waals surface area contributed by atoms with Crippen molar-refractivity contribution in [1.82, 2.24) is 4.57 Å². The van der Waals surface area contributed by atoms with Crippen molar-refractivity contribution in [3.05, 3.63) is 34.7 Å². The molecule has 0 bridgehead atoms. The first-order chi connectivity index (χ1) is 6.77. The highest BCUT2D eigenvalue weighted by Gasteiger charge is 2.16. The Morgan fingerprint density at radius 1 is 1.43 bits per heavy atom. The van der Waals surface area contributed by atoms with Gasteiger partial charge in [-0.2, -0.15) is 0 Å². The Kier molecular flexibility index (Phi) is 1.62. The first-order valence-electron chi connectivity index (χ1n) is 4.73. The van der Waals surface area contributed by atoms with E-state index in [1.54, 1.807) is 6.07 Å². The topological polar surface area (TPSA) is 4.93 Å². The molecule has 3 rings (SSSR count). The zero-order valence-corrected chi connectivity index (χ0v) is 8.31. The van der Waals surface area contributed by atoms with Crippen molar-refractivity contribution in [3.8, 4) is 0 Å². The third-order valence-corrected chi connectivity index (χ3v) is 3.24. The van der Waals surface area contributed by atoms with Crippen molar-refractivity contribution in [1.29, 1.82) is 0 Å². The molecule has 0 amide bonds. The van der Waals surface area contributed by atoms with Crippen LogP contribution in [-0.2, 0) is 13.0 Å². The van der Waals surface area contributed by atoms with Crippen LogP contribution in [0.15, 0.2) is 18.3 Å². The quantitative estimate of drug-likeness (QED) is 0.627. The molecule has 0 radical (unpaired) electrons. The van der Waals surface area contributed by atoms with E-state index in [4.69, 9.17) is 11.6 Å². The lowest BCUT2D eigenvalue weighted by Gasteiger charge is -2.16. The Morgan fingerprint density at radius 2 is 2.29 bits per heavy atom. The Balaban J connectivity index is 2.50. The van der Waals surface area contributed by atoms with Crippen LogP contribution in [0.1, 0.15) is 12.0 Å². The van der Waals surface area contributed by atoms with Crippen LogP contribution in [0, 0.1) is 5.82 Å². The molecule has 0 saturated carbocycles. The average Bonchev–Trinajstić information content (AvgIpc) is 2.60. The van der Waals surface area contributed by atoms with Crippen molar-refractivity contribution >= 4 is 22.5 Å². The van der Waals surface area contributed by atoms with Crippen LogP contribution in [0.4, 0.5) is 4.39 Å². The Morgan fingerprint density at radius 3 is 3.14 bits per heavy atom. The van der Waals surface area contributed by atoms with Crippen LogP contribution in [0.5, 0.6) is 0 Å². The van der Waals surface area contributed by atoms with E-state index < -0.39 is 0 Å². The maximum atomic E-state index is 13.4. The van der Waals surface area contributed by atoms with Crippen LogP contribution in [0.2, 0.25) is 5.02 Å². The highest BCUT2D eigenvalue weighted by atomic mass is 35.5. The molecule has 1 nitrogen and oxygen atoms in total. The number of hydrogen-bond acceptors (Lipinski definition) is 0. The SMILES string of the molecule is Fc1cc2c3c(ccn3CCC2)c1Cl. The molecule has 72 valence electrons. The number of nitrogens with zero attached hydrogens (tertiary/aromatic N) is 1. The molecule has 0 unspecified atom stereocenters. The second-order valence-corrected chi connectivity index (χ2v) is 4.08. The molecule has 1 aliphatic rings. The molecule has 0 saturated heterocycles. The minimum Gasteiger partial charge on any atom is -0.347 e. The van der Waals surface area contributed by atoms with Crippen molar-refractivity contribution in [2.75, 3.05) is 0 Å². The van der Waals surface area contributed by atoms with Gasteiger partial charge in [-0.25, -0.2) is 4.39 Å². The summed E-state index contributed by atoms with van der Waals surface area (Å²) in [6.07, 6.45) is 4.02. The Labute approximate surface area is 86.1 Å². The maximum Gasteiger partial charge on any atom is 0.142 e. The minimum absolute atomic E-state index is 0.254. The van der Waals surface area contributed by atoms with Crippen LogP contribution >= 0.6 is 11.6 Å². The summed E-state index contributed by atoms with van der Waals surface area (Å²) >= 11 is 5.90. The molecule has 3 heteroatoms. The summed E-state index contributed by atoms with van der Waals surface area (Å²) in [7, 11) is 0. The summed E-state index contributed by atoms with van der Waals surface area (Å²) in [6.45, 7) is 1.01. The van der Waals surface area contributed by atoms with Gasteiger partial charge >= 0.3 is 0 Å². The van der Waals surface area contributed by atoms with Gasteiger partial charge in [-0.1, -0.05) is 11.6 Å². The molecule has 0 spiro atoms. The lowest BCUT2D eigenvalue weighted by atomic mass is 10.0. The van der Waals surface area contributed by atoms with Gasteiger partial charge < -0.3 is 4.57 Å². The molecular formula is C11H9ClFN. The Bertz CT molecular complexity index is 515. The monoisotopic (exact) mass is 209 g/mol. The first kappa shape index (κ1) is 8.30. The van der Waals surface area contributed by atoms with Gasteiger partial charge in [0.05, 0.1) is 10.5 Å². The number of hydrogen-bond donors (Lipinski definition) is 0. The van der Waals surface area contributed by atoms with Crippen molar-refractivity contribution in [2.24, 2.45) is 0 Å². The normalized spacial score (nSPS) is 15.0. The molecule has 0 atom stereocenters. The number of halogens is 2. The second kappa shape index (κ2) is 2.74. The van der Waals surface area contributed by atoms with Crippen LogP contribution in [-0.4, -0.2) is 4.57 Å². The molecule has 2 heterocycles. The van der Waals surface area contributed by atoms with Crippen LogP contribution in [0.3, 0.4) is 0 Å². The van der Waals surface area contributed by atoms with E-state index in [0.717, 1.165) is 35.9 Å². The van der Waals surface area contributed by atoms with Gasteiger partial charge in [0.1, 0.15) is 5.82 Å². The standard InChI is InChI=1S/C11H9ClFN/c12-10-8-3-5-14-4-1-2-7(11(8)14)6-9(10)13/h3,5-6H,1-2,4H2. The zero-order valence-electron chi connectivity index (χ0n) is 7.56. The number of rotatable bonds is 0. The largest absolute Gasteiger partial charge is 0.347 e. The Hall–Kier alpha value is -1.02. The van der Waals surface area contributed by atoms with E-state index in [2.05, 4.69) is 4.57 Å². The predicted octanol–water partition coefficient (Wildman–Crippen LogP) is 3.38. The van der Waals surface area contributed by atoms with Crippen LogP contribution < -0.4 is 0 Å². The van der Waals surface area contributed by atoms with E-state index in [9.17, 15) is 4.39 Å². The lowest BCUT2D eigenvalue weighted by Crippen LogP contribution is -2.06. The number of benzene rings is 1. The van der Waals surface area contributed by atoms with E-state index in [-0.39, 0.29) is 10.8 Å². The van der Waals surface area contributed by atoms with Gasteiger partial charge in [-0.3, -0.25) is 0 Å². The fourth-order valence-electron chi connectivity index (χ4n) is 2.24. The van der Waals surface area contributed by atoms with Crippen molar-refractivity contribution in [3.63, 3.8) is 0 Å². The molecular weight excluding hydrogens is 201 g/mol. The third-order valence-electron chi connectivity index (χ3n) is 2.86. The summed E-state index contributed by atoms with van der Waals surface area (Å²) in [4.78, 5) is 0. The second-order valence-electron chi connectivity index (χ2n) is 3.71. The lowest BCUT2D eigenvalue weighted by molar-refractivity contribution is 0.611. The summed E-state index contributed by atoms with van der Waals surface area (Å²) in [5.41, 5.74) is 2.20. The number of aryl methyl sites for hydroxylation is 2. The molecule has 0 aliphatic carbocycles. The van der Waals surface area contributed by atoms with E-state index in [1.165, 1.54) is 0 Å². The summed E-state index contributed by atoms with van der Waals surface area (Å²) in [6, 6.07) is 3.47. The van der Waals surface area contributed by atoms with Gasteiger partial charge in [0, 0.05) is 18.1 Å². The van der Waals surface area contributed by atoms with Gasteiger partial charge in [-0.15, -0.1) is 0 Å². The molecule has 1 aromatic heterocycles. The fraction of sp³-hybridized carbons (Fsp3) is 0.273. The molecule has 1 aromatic carbocycles. The third kappa shape index (κ3) is 0.947. The fourth-order valence-corrected chi connectivity index (χ4v) is 2.44. The highest BCUT2D eigenvalue weighted by molar-refractivity contribution is 6.35. The smallest absolute Gasteiger partial charge is 0.142 e. The van der Waals surface area contributed by atoms with Crippen molar-refractivity contribution in [2.45, 2.75) is 19.4 Å². The molecule has 0 N–H and O–H groups in total. The zero-order chi connectivity index (χ0) is 9.71. The van der Waals surface area contributed by atoms with Gasteiger partial charge in [0.15, 0.2) is 0 Å². The van der Waals surface area contributed by atoms with E-state index in [1.807, 2.05) is 12.3 Å². The molecule has 0 fully saturated rings.